The highest BCUT2D eigenvalue weighted by Crippen LogP contribution is 2.32. The van der Waals surface area contributed by atoms with Crippen LogP contribution in [0.5, 0.6) is 0 Å². The molecular weight excluding hydrogens is 637 g/mol. The Labute approximate surface area is 286 Å². The highest BCUT2D eigenvalue weighted by atomic mass is 32.2. The van der Waals surface area contributed by atoms with Crippen molar-refractivity contribution in [3.05, 3.63) is 169 Å². The van der Waals surface area contributed by atoms with Gasteiger partial charge in [-0.3, -0.25) is 9.36 Å². The van der Waals surface area contributed by atoms with Gasteiger partial charge in [-0.15, -0.1) is 11.8 Å². The second-order valence-electron chi connectivity index (χ2n) is 11.5. The maximum absolute atomic E-state index is 14.4. The molecule has 0 amide bonds. The van der Waals surface area contributed by atoms with Crippen molar-refractivity contribution in [2.75, 3.05) is 6.26 Å². The number of para-hydroxylation sites is 1. The summed E-state index contributed by atoms with van der Waals surface area (Å²) in [5.74, 6) is -0.501. The summed E-state index contributed by atoms with van der Waals surface area (Å²) in [5.41, 5.74) is 6.88. The molecule has 0 saturated heterocycles. The van der Waals surface area contributed by atoms with Crippen molar-refractivity contribution in [1.82, 2.24) is 14.3 Å². The van der Waals surface area contributed by atoms with E-state index in [0.717, 1.165) is 44.1 Å². The molecule has 1 aliphatic heterocycles. The molecule has 6 aromatic rings. The summed E-state index contributed by atoms with van der Waals surface area (Å²) in [6.07, 6.45) is 5.84. The first-order valence-electron chi connectivity index (χ1n) is 15.5. The van der Waals surface area contributed by atoms with E-state index in [0.29, 0.717) is 20.6 Å². The van der Waals surface area contributed by atoms with Gasteiger partial charge in [-0.1, -0.05) is 102 Å². The number of aromatic nitrogens is 3. The molecule has 48 heavy (non-hydrogen) atoms. The lowest BCUT2D eigenvalue weighted by molar-refractivity contribution is -0.140. The van der Waals surface area contributed by atoms with E-state index in [1.54, 1.807) is 23.3 Å². The molecule has 9 heteroatoms. The minimum absolute atomic E-state index is 0.117. The average Bonchev–Trinajstić information content (AvgIpc) is 3.68. The van der Waals surface area contributed by atoms with E-state index in [2.05, 4.69) is 12.1 Å². The Bertz CT molecular complexity index is 2320. The number of hydrogen-bond donors (Lipinski definition) is 0. The van der Waals surface area contributed by atoms with Crippen LogP contribution in [-0.4, -0.2) is 26.6 Å². The number of carbonyl (C=O) groups excluding carboxylic acids is 1. The molecule has 0 bridgehead atoms. The Kier molecular flexibility index (Phi) is 8.80. The fourth-order valence-electron chi connectivity index (χ4n) is 5.77. The monoisotopic (exact) mass is 668 g/mol. The lowest BCUT2D eigenvalue weighted by atomic mass is 9.96. The van der Waals surface area contributed by atoms with Crippen molar-refractivity contribution in [1.29, 1.82) is 0 Å². The number of fused-ring (bicyclic) bond motifs is 1. The Morgan fingerprint density at radius 2 is 1.60 bits per heavy atom. The maximum atomic E-state index is 14.4. The molecule has 0 fully saturated rings. The highest BCUT2D eigenvalue weighted by Gasteiger charge is 2.33. The van der Waals surface area contributed by atoms with Gasteiger partial charge in [0.25, 0.3) is 5.56 Å². The number of nitrogens with zero attached hydrogens (tertiary/aromatic N) is 4. The first kappa shape index (κ1) is 31.4. The van der Waals surface area contributed by atoms with E-state index in [1.165, 1.54) is 11.3 Å². The van der Waals surface area contributed by atoms with Crippen molar-refractivity contribution in [3.8, 4) is 16.9 Å². The number of benzene rings is 4. The molecule has 4 aromatic carbocycles. The van der Waals surface area contributed by atoms with E-state index in [9.17, 15) is 9.59 Å². The van der Waals surface area contributed by atoms with E-state index < -0.39 is 12.0 Å². The Morgan fingerprint density at radius 3 is 2.29 bits per heavy atom. The molecule has 2 aromatic heterocycles. The van der Waals surface area contributed by atoms with Crippen molar-refractivity contribution in [2.45, 2.75) is 31.4 Å². The summed E-state index contributed by atoms with van der Waals surface area (Å²) < 4.78 is 9.77. The summed E-state index contributed by atoms with van der Waals surface area (Å²) in [6.45, 7) is 3.97. The van der Waals surface area contributed by atoms with Gasteiger partial charge in [0.15, 0.2) is 4.80 Å². The minimum Gasteiger partial charge on any atom is -0.457 e. The standard InChI is InChI=1S/C39H32N4O3S2/c1-25-14-16-28(17-15-25)35-30(23-42(41-35)31-12-8-5-9-13-31)22-33-37(44)43-36(29-18-20-32(47-3)21-19-29)34(26(2)40-39(43)48-33)38(45)46-24-27-10-6-4-7-11-27/h4-23,36H,24H2,1-3H3. The molecule has 0 N–H and O–H groups in total. The molecule has 0 saturated carbocycles. The second-order valence-corrected chi connectivity index (χ2v) is 13.4. The molecule has 0 radical (unpaired) electrons. The number of aryl methyl sites for hydroxylation is 1. The zero-order chi connectivity index (χ0) is 33.2. The van der Waals surface area contributed by atoms with Gasteiger partial charge in [-0.25, -0.2) is 14.5 Å². The van der Waals surface area contributed by atoms with Crippen LogP contribution in [0.4, 0.5) is 0 Å². The highest BCUT2D eigenvalue weighted by molar-refractivity contribution is 7.98. The van der Waals surface area contributed by atoms with E-state index in [4.69, 9.17) is 14.8 Å². The van der Waals surface area contributed by atoms with Crippen molar-refractivity contribution in [2.24, 2.45) is 4.99 Å². The first-order chi connectivity index (χ1) is 23.4. The normalized spacial score (nSPS) is 14.5. The summed E-state index contributed by atoms with van der Waals surface area (Å²) in [4.78, 5) is 34.6. The van der Waals surface area contributed by atoms with E-state index >= 15 is 0 Å². The summed E-state index contributed by atoms with van der Waals surface area (Å²) in [6, 6.07) is 34.9. The fourth-order valence-corrected chi connectivity index (χ4v) is 7.21. The number of thioether (sulfide) groups is 1. The number of esters is 1. The first-order valence-corrected chi connectivity index (χ1v) is 17.5. The molecule has 7 rings (SSSR count). The smallest absolute Gasteiger partial charge is 0.338 e. The minimum atomic E-state index is -0.703. The Morgan fingerprint density at radius 1 is 0.917 bits per heavy atom. The van der Waals surface area contributed by atoms with Crippen LogP contribution in [0.2, 0.25) is 0 Å². The fraction of sp³-hybridized carbons (Fsp3) is 0.128. The summed E-state index contributed by atoms with van der Waals surface area (Å²) in [5, 5.41) is 4.95. The maximum Gasteiger partial charge on any atom is 0.338 e. The number of rotatable bonds is 8. The van der Waals surface area contributed by atoms with Gasteiger partial charge in [0.2, 0.25) is 0 Å². The predicted molar refractivity (Wildman–Crippen MR) is 192 cm³/mol. The second kappa shape index (κ2) is 13.5. The SMILES string of the molecule is CSc1ccc(C2C(C(=O)OCc3ccccc3)=C(C)N=c3sc(=Cc4cn(-c5ccccc5)nc4-c4ccc(C)cc4)c(=O)n32)cc1. The quantitative estimate of drug-likeness (QED) is 0.131. The third kappa shape index (κ3) is 6.22. The third-order valence-corrected chi connectivity index (χ3v) is 9.99. The van der Waals surface area contributed by atoms with E-state index in [1.807, 2.05) is 127 Å². The molecule has 0 aliphatic carbocycles. The van der Waals surface area contributed by atoms with Crippen molar-refractivity contribution in [3.63, 3.8) is 0 Å². The van der Waals surface area contributed by atoms with Crippen LogP contribution >= 0.6 is 23.1 Å². The molecule has 1 unspecified atom stereocenters. The van der Waals surface area contributed by atoms with Crippen LogP contribution in [0.1, 0.15) is 35.2 Å². The van der Waals surface area contributed by atoms with Crippen LogP contribution in [0, 0.1) is 6.92 Å². The molecule has 3 heterocycles. The van der Waals surface area contributed by atoms with E-state index in [-0.39, 0.29) is 12.2 Å². The van der Waals surface area contributed by atoms with Gasteiger partial charge in [-0.05, 0) is 61.6 Å². The van der Waals surface area contributed by atoms with Gasteiger partial charge in [0.05, 0.1) is 33.2 Å². The van der Waals surface area contributed by atoms with Crippen molar-refractivity contribution < 1.29 is 9.53 Å². The molecule has 0 spiro atoms. The van der Waals surface area contributed by atoms with Gasteiger partial charge in [-0.2, -0.15) is 5.10 Å². The molecule has 7 nitrogen and oxygen atoms in total. The molecule has 1 aliphatic rings. The van der Waals surface area contributed by atoms with Crippen LogP contribution in [0.3, 0.4) is 0 Å². The number of allylic oxidation sites excluding steroid dienone is 1. The summed E-state index contributed by atoms with van der Waals surface area (Å²) in [7, 11) is 0. The Balaban J connectivity index is 1.36. The lowest BCUT2D eigenvalue weighted by Gasteiger charge is -2.25. The topological polar surface area (TPSA) is 78.5 Å². The number of carbonyl (C=O) groups is 1. The molecular formula is C39H32N4O3S2. The number of ether oxygens (including phenoxy) is 1. The largest absolute Gasteiger partial charge is 0.457 e. The van der Waals surface area contributed by atoms with Crippen LogP contribution < -0.4 is 14.9 Å². The van der Waals surface area contributed by atoms with Gasteiger partial charge in [0.1, 0.15) is 6.61 Å². The molecule has 238 valence electrons. The van der Waals surface area contributed by atoms with Gasteiger partial charge >= 0.3 is 5.97 Å². The van der Waals surface area contributed by atoms with Crippen LogP contribution in [-0.2, 0) is 16.1 Å². The predicted octanol–water partition coefficient (Wildman–Crippen LogP) is 6.86. The van der Waals surface area contributed by atoms with Gasteiger partial charge < -0.3 is 4.74 Å². The third-order valence-electron chi connectivity index (χ3n) is 8.26. The van der Waals surface area contributed by atoms with Crippen LogP contribution in [0.15, 0.2) is 141 Å². The Hall–Kier alpha value is -5.25. The zero-order valence-corrected chi connectivity index (χ0v) is 28.3. The summed E-state index contributed by atoms with van der Waals surface area (Å²) >= 11 is 2.93. The number of thiazole rings is 1. The zero-order valence-electron chi connectivity index (χ0n) is 26.7. The number of hydrogen-bond acceptors (Lipinski definition) is 7. The van der Waals surface area contributed by atoms with Crippen LogP contribution in [0.25, 0.3) is 23.0 Å². The average molecular weight is 669 g/mol. The van der Waals surface area contributed by atoms with Gasteiger partial charge in [0, 0.05) is 22.2 Å². The molecule has 1 atom stereocenters. The lowest BCUT2D eigenvalue weighted by Crippen LogP contribution is -2.39. The van der Waals surface area contributed by atoms with Crippen molar-refractivity contribution >= 4 is 35.1 Å².